The summed E-state index contributed by atoms with van der Waals surface area (Å²) >= 11 is 3.43. The van der Waals surface area contributed by atoms with Gasteiger partial charge in [-0.25, -0.2) is 19.9 Å². The van der Waals surface area contributed by atoms with Crippen LogP contribution < -0.4 is 0 Å². The quantitative estimate of drug-likeness (QED) is 0.138. The molecule has 9 aromatic rings. The van der Waals surface area contributed by atoms with Crippen LogP contribution in [0.4, 0.5) is 0 Å². The minimum atomic E-state index is 0.643. The summed E-state index contributed by atoms with van der Waals surface area (Å²) in [5.41, 5.74) is 13.1. The third-order valence-corrected chi connectivity index (χ3v) is 11.7. The van der Waals surface area contributed by atoms with E-state index < -0.39 is 0 Å². The first-order valence-corrected chi connectivity index (χ1v) is 19.7. The molecule has 55 heavy (non-hydrogen) atoms. The molecule has 0 bridgehead atoms. The molecule has 9 rings (SSSR count). The van der Waals surface area contributed by atoms with E-state index in [9.17, 15) is 0 Å². The van der Waals surface area contributed by atoms with Crippen LogP contribution >= 0.6 is 22.7 Å². The van der Waals surface area contributed by atoms with Crippen molar-refractivity contribution >= 4 is 48.7 Å². The van der Waals surface area contributed by atoms with Crippen molar-refractivity contribution in [2.75, 3.05) is 0 Å². The molecular formula is C49H34N4S2. The maximum Gasteiger partial charge on any atom is 0.160 e. The fraction of sp³-hybridized carbons (Fsp3) is 0.0204. The summed E-state index contributed by atoms with van der Waals surface area (Å²) in [4.78, 5) is 20.2. The van der Waals surface area contributed by atoms with E-state index in [-0.39, 0.29) is 0 Å². The molecule has 3 heterocycles. The van der Waals surface area contributed by atoms with Crippen LogP contribution in [0.25, 0.3) is 92.0 Å². The van der Waals surface area contributed by atoms with Gasteiger partial charge in [0.2, 0.25) is 0 Å². The monoisotopic (exact) mass is 742 g/mol. The topological polar surface area (TPSA) is 51.6 Å². The van der Waals surface area contributed by atoms with Crippen molar-refractivity contribution in [3.63, 3.8) is 0 Å². The van der Waals surface area contributed by atoms with Crippen molar-refractivity contribution in [1.29, 1.82) is 0 Å². The van der Waals surface area contributed by atoms with E-state index in [0.717, 1.165) is 82.5 Å². The molecule has 0 saturated carbocycles. The van der Waals surface area contributed by atoms with Crippen LogP contribution in [0.5, 0.6) is 0 Å². The summed E-state index contributed by atoms with van der Waals surface area (Å²) in [5.74, 6) is 0.643. The van der Waals surface area contributed by atoms with Crippen molar-refractivity contribution in [3.05, 3.63) is 188 Å². The Balaban J connectivity index is 1.17. The number of rotatable bonds is 9. The first kappa shape index (κ1) is 34.2. The summed E-state index contributed by atoms with van der Waals surface area (Å²) in [7, 11) is 0. The van der Waals surface area contributed by atoms with Crippen molar-refractivity contribution < 1.29 is 0 Å². The van der Waals surface area contributed by atoms with Crippen molar-refractivity contribution in [2.24, 2.45) is 0 Å². The highest BCUT2D eigenvalue weighted by Gasteiger charge is 2.15. The Kier molecular flexibility index (Phi) is 9.34. The zero-order valence-corrected chi connectivity index (χ0v) is 31.7. The molecule has 0 radical (unpaired) electrons. The Morgan fingerprint density at radius 3 is 1.53 bits per heavy atom. The Bertz CT molecular complexity index is 2680. The highest BCUT2D eigenvalue weighted by atomic mass is 32.1. The van der Waals surface area contributed by atoms with Crippen LogP contribution in [0.1, 0.15) is 12.6 Å². The van der Waals surface area contributed by atoms with E-state index in [1.54, 1.807) is 22.7 Å². The molecule has 6 heteroatoms. The summed E-state index contributed by atoms with van der Waals surface area (Å²) in [6.45, 7) is 6.12. The van der Waals surface area contributed by atoms with Gasteiger partial charge in [0.15, 0.2) is 5.82 Å². The predicted molar refractivity (Wildman–Crippen MR) is 234 cm³/mol. The zero-order chi connectivity index (χ0) is 37.1. The number of benzene rings is 6. The first-order valence-electron chi connectivity index (χ1n) is 18.1. The Morgan fingerprint density at radius 1 is 0.491 bits per heavy atom. The van der Waals surface area contributed by atoms with Gasteiger partial charge in [0.05, 0.1) is 31.8 Å². The average Bonchev–Trinajstić information content (AvgIpc) is 3.89. The molecule has 0 atom stereocenters. The molecule has 4 nitrogen and oxygen atoms in total. The molecule has 0 saturated heterocycles. The van der Waals surface area contributed by atoms with Gasteiger partial charge in [0, 0.05) is 22.3 Å². The second kappa shape index (κ2) is 15.0. The summed E-state index contributed by atoms with van der Waals surface area (Å²) in [6.07, 6.45) is 7.90. The van der Waals surface area contributed by atoms with Gasteiger partial charge >= 0.3 is 0 Å². The number of para-hydroxylation sites is 2. The minimum Gasteiger partial charge on any atom is -0.236 e. The lowest BCUT2D eigenvalue weighted by Gasteiger charge is -2.13. The molecule has 0 aliphatic heterocycles. The van der Waals surface area contributed by atoms with E-state index in [0.29, 0.717) is 5.82 Å². The third-order valence-electron chi connectivity index (χ3n) is 9.49. The molecule has 0 unspecified atom stereocenters. The molecule has 0 N–H and O–H groups in total. The standard InChI is InChI=1S/C49H34N4S2/c1-3-5-13-32(4-2)43-31-44(35-14-7-6-8-15-35)51-47(50-43)40-29-38(33-20-24-36(25-21-33)48-52-41-16-9-11-18-45(41)54-48)28-39(30-40)34-22-26-37(27-23-34)49-53-42-17-10-12-19-46(42)55-49/h3-31H,2H2,1H3/b5-3-,32-13+. The number of hydrogen-bond donors (Lipinski definition) is 0. The maximum absolute atomic E-state index is 5.19. The van der Waals surface area contributed by atoms with Gasteiger partial charge in [-0.3, -0.25) is 0 Å². The summed E-state index contributed by atoms with van der Waals surface area (Å²) in [5, 5.41) is 2.02. The molecule has 0 aliphatic carbocycles. The zero-order valence-electron chi connectivity index (χ0n) is 30.1. The second-order valence-corrected chi connectivity index (χ2v) is 15.2. The Labute approximate surface area is 328 Å². The van der Waals surface area contributed by atoms with Crippen LogP contribution in [0.3, 0.4) is 0 Å². The SMILES string of the molecule is C=C/C(=C\C=C/C)c1cc(-c2ccccc2)nc(-c2cc(-c3ccc(-c4nc5ccccc5s4)cc3)cc(-c3ccc(-c4nc5ccccc5s4)cc3)c2)n1. The number of fused-ring (bicyclic) bond motifs is 2. The van der Waals surface area contributed by atoms with E-state index >= 15 is 0 Å². The van der Waals surface area contributed by atoms with Gasteiger partial charge < -0.3 is 0 Å². The van der Waals surface area contributed by atoms with E-state index in [2.05, 4.69) is 122 Å². The number of nitrogens with zero attached hydrogens (tertiary/aromatic N) is 4. The molecule has 0 spiro atoms. The van der Waals surface area contributed by atoms with Crippen LogP contribution in [-0.2, 0) is 0 Å². The van der Waals surface area contributed by atoms with Crippen molar-refractivity contribution in [3.8, 4) is 66.0 Å². The third kappa shape index (κ3) is 7.09. The lowest BCUT2D eigenvalue weighted by molar-refractivity contribution is 1.16. The van der Waals surface area contributed by atoms with E-state index in [1.165, 1.54) is 9.40 Å². The minimum absolute atomic E-state index is 0.643. The number of allylic oxidation sites excluding steroid dienone is 5. The van der Waals surface area contributed by atoms with Gasteiger partial charge in [0.1, 0.15) is 10.0 Å². The molecule has 3 aromatic heterocycles. The number of hydrogen-bond acceptors (Lipinski definition) is 6. The Morgan fingerprint density at radius 2 is 1.00 bits per heavy atom. The predicted octanol–water partition coefficient (Wildman–Crippen LogP) is 13.8. The fourth-order valence-corrected chi connectivity index (χ4v) is 8.57. The largest absolute Gasteiger partial charge is 0.236 e. The van der Waals surface area contributed by atoms with Gasteiger partial charge in [-0.15, -0.1) is 22.7 Å². The van der Waals surface area contributed by atoms with Gasteiger partial charge in [-0.1, -0.05) is 134 Å². The maximum atomic E-state index is 5.19. The van der Waals surface area contributed by atoms with E-state index in [4.69, 9.17) is 19.9 Å². The highest BCUT2D eigenvalue weighted by Crippen LogP contribution is 2.37. The van der Waals surface area contributed by atoms with Crippen LogP contribution in [-0.4, -0.2) is 19.9 Å². The lowest BCUT2D eigenvalue weighted by atomic mass is 9.94. The average molecular weight is 743 g/mol. The molecule has 262 valence electrons. The van der Waals surface area contributed by atoms with E-state index in [1.807, 2.05) is 67.6 Å². The van der Waals surface area contributed by atoms with Gasteiger partial charge in [-0.2, -0.15) is 0 Å². The lowest BCUT2D eigenvalue weighted by Crippen LogP contribution is -1.98. The van der Waals surface area contributed by atoms with Crippen molar-refractivity contribution in [1.82, 2.24) is 19.9 Å². The van der Waals surface area contributed by atoms with Crippen molar-refractivity contribution in [2.45, 2.75) is 6.92 Å². The van der Waals surface area contributed by atoms with Gasteiger partial charge in [0.25, 0.3) is 0 Å². The first-order chi connectivity index (χ1) is 27.1. The fourth-order valence-electron chi connectivity index (χ4n) is 6.63. The molecule has 0 amide bonds. The number of aromatic nitrogens is 4. The van der Waals surface area contributed by atoms with Crippen LogP contribution in [0.15, 0.2) is 183 Å². The summed E-state index contributed by atoms with van der Waals surface area (Å²) in [6, 6.07) is 52.9. The van der Waals surface area contributed by atoms with Gasteiger partial charge in [-0.05, 0) is 83.3 Å². The summed E-state index contributed by atoms with van der Waals surface area (Å²) < 4.78 is 2.37. The van der Waals surface area contributed by atoms with Crippen LogP contribution in [0, 0.1) is 0 Å². The smallest absolute Gasteiger partial charge is 0.160 e. The number of thiazole rings is 2. The molecule has 0 aliphatic rings. The highest BCUT2D eigenvalue weighted by molar-refractivity contribution is 7.22. The molecular weight excluding hydrogens is 709 g/mol. The molecule has 6 aromatic carbocycles. The Hall–Kier alpha value is -6.60. The second-order valence-electron chi connectivity index (χ2n) is 13.1. The normalized spacial score (nSPS) is 11.8. The molecule has 0 fully saturated rings. The van der Waals surface area contributed by atoms with Crippen LogP contribution in [0.2, 0.25) is 0 Å².